The van der Waals surface area contributed by atoms with Gasteiger partial charge < -0.3 is 14.5 Å². The lowest BCUT2D eigenvalue weighted by molar-refractivity contribution is -0.126. The number of amides is 1. The van der Waals surface area contributed by atoms with Crippen molar-refractivity contribution in [2.24, 2.45) is 0 Å². The summed E-state index contributed by atoms with van der Waals surface area (Å²) < 4.78 is 32.1. The van der Waals surface area contributed by atoms with Gasteiger partial charge in [0.05, 0.1) is 16.1 Å². The van der Waals surface area contributed by atoms with E-state index in [0.29, 0.717) is 12.2 Å². The first kappa shape index (κ1) is 24.2. The van der Waals surface area contributed by atoms with Crippen molar-refractivity contribution in [2.45, 2.75) is 43.6 Å². The number of esters is 1. The second kappa shape index (κ2) is 9.76. The third kappa shape index (κ3) is 4.67. The quantitative estimate of drug-likeness (QED) is 0.585. The lowest BCUT2D eigenvalue weighted by Gasteiger charge is -2.31. The highest BCUT2D eigenvalue weighted by molar-refractivity contribution is 7.89. The number of aryl methyl sites for hydroxylation is 1. The summed E-state index contributed by atoms with van der Waals surface area (Å²) >= 11 is 0. The molecule has 4 rings (SSSR count). The van der Waals surface area contributed by atoms with Crippen LogP contribution in [0, 0.1) is 0 Å². The Kier molecular flexibility index (Phi) is 6.95. The van der Waals surface area contributed by atoms with E-state index in [1.807, 2.05) is 24.3 Å². The van der Waals surface area contributed by atoms with Gasteiger partial charge in [0, 0.05) is 39.4 Å². The van der Waals surface area contributed by atoms with Crippen LogP contribution in [0.15, 0.2) is 47.4 Å². The highest BCUT2D eigenvalue weighted by atomic mass is 32.2. The van der Waals surface area contributed by atoms with Crippen LogP contribution in [0.2, 0.25) is 0 Å². The van der Waals surface area contributed by atoms with Gasteiger partial charge in [-0.15, -0.1) is 0 Å². The number of ether oxygens (including phenoxy) is 1. The highest BCUT2D eigenvalue weighted by Gasteiger charge is 2.31. The summed E-state index contributed by atoms with van der Waals surface area (Å²) in [6.45, 7) is 3.68. The molecule has 0 N–H and O–H groups in total. The molecule has 0 bridgehead atoms. The fourth-order valence-electron chi connectivity index (χ4n) is 4.54. The molecule has 1 amide bonds. The Balaban J connectivity index is 1.61. The molecule has 1 unspecified atom stereocenters. The number of sulfonamides is 1. The van der Waals surface area contributed by atoms with Crippen molar-refractivity contribution in [3.63, 3.8) is 0 Å². The van der Waals surface area contributed by atoms with Gasteiger partial charge in [-0.05, 0) is 62.4 Å². The molecule has 1 fully saturated rings. The summed E-state index contributed by atoms with van der Waals surface area (Å²) in [6, 6.07) is 12.3. The number of nitrogens with zero attached hydrogens (tertiary/aromatic N) is 3. The van der Waals surface area contributed by atoms with Gasteiger partial charge in [0.25, 0.3) is 5.91 Å². The second-order valence-electron chi connectivity index (χ2n) is 8.93. The number of benzene rings is 2. The summed E-state index contributed by atoms with van der Waals surface area (Å²) in [7, 11) is -0.850. The minimum absolute atomic E-state index is 0.0105. The van der Waals surface area contributed by atoms with Gasteiger partial charge in [-0.2, -0.15) is 0 Å². The van der Waals surface area contributed by atoms with Crippen molar-refractivity contribution in [1.29, 1.82) is 0 Å². The van der Waals surface area contributed by atoms with Gasteiger partial charge in [-0.3, -0.25) is 4.79 Å². The molecular weight excluding hydrogens is 454 g/mol. The summed E-state index contributed by atoms with van der Waals surface area (Å²) in [4.78, 5) is 30.2. The van der Waals surface area contributed by atoms with Gasteiger partial charge in [0.15, 0.2) is 6.10 Å². The predicted octanol–water partition coefficient (Wildman–Crippen LogP) is 3.06. The average molecular weight is 486 g/mol. The molecule has 0 aromatic heterocycles. The third-order valence-electron chi connectivity index (χ3n) is 6.42. The minimum atomic E-state index is -3.74. The molecule has 8 nitrogen and oxygen atoms in total. The van der Waals surface area contributed by atoms with Gasteiger partial charge in [-0.25, -0.2) is 17.5 Å². The molecule has 2 aliphatic heterocycles. The maximum absolute atomic E-state index is 13.3. The van der Waals surface area contributed by atoms with Crippen molar-refractivity contribution >= 4 is 33.3 Å². The molecule has 0 spiro atoms. The van der Waals surface area contributed by atoms with Crippen molar-refractivity contribution in [2.75, 3.05) is 43.5 Å². The van der Waals surface area contributed by atoms with Crippen LogP contribution < -0.4 is 9.80 Å². The summed E-state index contributed by atoms with van der Waals surface area (Å²) in [5.41, 5.74) is 2.73. The zero-order chi connectivity index (χ0) is 24.5. The van der Waals surface area contributed by atoms with Gasteiger partial charge in [0.1, 0.15) is 0 Å². The number of anilines is 2. The van der Waals surface area contributed by atoms with Crippen LogP contribution in [0.25, 0.3) is 0 Å². The molecule has 1 atom stereocenters. The molecule has 0 aliphatic carbocycles. The van der Waals surface area contributed by atoms with Gasteiger partial charge in [-0.1, -0.05) is 18.2 Å². The van der Waals surface area contributed by atoms with E-state index in [0.717, 1.165) is 54.3 Å². The van der Waals surface area contributed by atoms with Crippen LogP contribution in [0.1, 0.15) is 42.1 Å². The highest BCUT2D eigenvalue weighted by Crippen LogP contribution is 2.30. The number of carbonyl (C=O) groups excluding carboxylic acids is 2. The Hall–Kier alpha value is -2.91. The SMILES string of the molecule is CC(OC(=O)c1cc(S(=O)(=O)N(C)C)ccc1N1CCCC1)C(=O)N1CCCc2ccccc21. The van der Waals surface area contributed by atoms with Crippen molar-refractivity contribution in [1.82, 2.24) is 4.31 Å². The first-order valence-electron chi connectivity index (χ1n) is 11.6. The van der Waals surface area contributed by atoms with Crippen LogP contribution in [0.4, 0.5) is 11.4 Å². The molecule has 2 aliphatic rings. The Morgan fingerprint density at radius 2 is 1.68 bits per heavy atom. The molecule has 0 radical (unpaired) electrons. The smallest absolute Gasteiger partial charge is 0.341 e. The normalized spacial score (nSPS) is 16.9. The standard InChI is InChI=1S/C25H31N3O5S/c1-18(24(29)28-16-8-10-19-9-4-5-11-22(19)28)33-25(30)21-17-20(34(31,32)26(2)3)12-13-23(21)27-14-6-7-15-27/h4-5,9,11-13,17-18H,6-8,10,14-16H2,1-3H3. The molecule has 9 heteroatoms. The summed E-state index contributed by atoms with van der Waals surface area (Å²) in [5.74, 6) is -0.996. The van der Waals surface area contributed by atoms with Crippen molar-refractivity contribution in [3.05, 3.63) is 53.6 Å². The van der Waals surface area contributed by atoms with E-state index in [-0.39, 0.29) is 16.4 Å². The Morgan fingerprint density at radius 1 is 0.971 bits per heavy atom. The lowest BCUT2D eigenvalue weighted by Crippen LogP contribution is -2.42. The Bertz CT molecular complexity index is 1190. The predicted molar refractivity (Wildman–Crippen MR) is 131 cm³/mol. The van der Waals surface area contributed by atoms with Crippen molar-refractivity contribution < 1.29 is 22.7 Å². The number of hydrogen-bond acceptors (Lipinski definition) is 6. The lowest BCUT2D eigenvalue weighted by atomic mass is 10.0. The van der Waals surface area contributed by atoms with E-state index in [1.54, 1.807) is 17.9 Å². The van der Waals surface area contributed by atoms with E-state index in [2.05, 4.69) is 4.90 Å². The third-order valence-corrected chi connectivity index (χ3v) is 8.23. The first-order chi connectivity index (χ1) is 16.2. The zero-order valence-electron chi connectivity index (χ0n) is 19.9. The van der Waals surface area contributed by atoms with Crippen LogP contribution in [-0.4, -0.2) is 64.4 Å². The molecule has 182 valence electrons. The van der Waals surface area contributed by atoms with Gasteiger partial charge >= 0.3 is 5.97 Å². The Morgan fingerprint density at radius 3 is 2.38 bits per heavy atom. The van der Waals surface area contributed by atoms with E-state index < -0.39 is 22.1 Å². The van der Waals surface area contributed by atoms with Crippen LogP contribution in [-0.2, 0) is 26.0 Å². The average Bonchev–Trinajstić information content (AvgIpc) is 3.37. The molecule has 0 saturated carbocycles. The number of rotatable bonds is 6. The molecule has 2 aromatic rings. The molecule has 1 saturated heterocycles. The molecule has 2 aromatic carbocycles. The van der Waals surface area contributed by atoms with Gasteiger partial charge in [0.2, 0.25) is 10.0 Å². The fraction of sp³-hybridized carbons (Fsp3) is 0.440. The summed E-state index contributed by atoms with van der Waals surface area (Å²) in [6.07, 6.45) is 2.72. The summed E-state index contributed by atoms with van der Waals surface area (Å²) in [5, 5.41) is 0. The fourth-order valence-corrected chi connectivity index (χ4v) is 5.47. The minimum Gasteiger partial charge on any atom is -0.449 e. The largest absolute Gasteiger partial charge is 0.449 e. The zero-order valence-corrected chi connectivity index (χ0v) is 20.7. The number of fused-ring (bicyclic) bond motifs is 1. The monoisotopic (exact) mass is 485 g/mol. The number of hydrogen-bond donors (Lipinski definition) is 0. The van der Waals surface area contributed by atoms with Crippen LogP contribution in [0.5, 0.6) is 0 Å². The second-order valence-corrected chi connectivity index (χ2v) is 11.1. The van der Waals surface area contributed by atoms with Crippen molar-refractivity contribution in [3.8, 4) is 0 Å². The topological polar surface area (TPSA) is 87.2 Å². The van der Waals surface area contributed by atoms with E-state index in [9.17, 15) is 18.0 Å². The first-order valence-corrected chi connectivity index (χ1v) is 13.1. The van der Waals surface area contributed by atoms with E-state index in [1.165, 1.54) is 26.2 Å². The molecule has 2 heterocycles. The Labute approximate surface area is 201 Å². The van der Waals surface area contributed by atoms with E-state index >= 15 is 0 Å². The number of carbonyl (C=O) groups is 2. The van der Waals surface area contributed by atoms with Crippen LogP contribution in [0.3, 0.4) is 0 Å². The molecule has 34 heavy (non-hydrogen) atoms. The maximum Gasteiger partial charge on any atom is 0.341 e. The van der Waals surface area contributed by atoms with Crippen LogP contribution >= 0.6 is 0 Å². The molecular formula is C25H31N3O5S. The van der Waals surface area contributed by atoms with E-state index in [4.69, 9.17) is 4.74 Å². The number of para-hydroxylation sites is 1. The maximum atomic E-state index is 13.3.